The molecule has 32 heavy (non-hydrogen) atoms. The summed E-state index contributed by atoms with van der Waals surface area (Å²) in [6.07, 6.45) is 10.0. The van der Waals surface area contributed by atoms with E-state index < -0.39 is 23.2 Å². The molecule has 2 unspecified atom stereocenters. The second-order valence-electron chi connectivity index (χ2n) is 7.83. The second-order valence-corrected chi connectivity index (χ2v) is 10.9. The lowest BCUT2D eigenvalue weighted by Gasteiger charge is -2.18. The lowest BCUT2D eigenvalue weighted by molar-refractivity contribution is -0.137. The molecule has 0 bridgehead atoms. The third-order valence-electron chi connectivity index (χ3n) is 4.96. The first-order valence-corrected chi connectivity index (χ1v) is 13.8. The van der Waals surface area contributed by atoms with Crippen LogP contribution >= 0.6 is 11.8 Å². The summed E-state index contributed by atoms with van der Waals surface area (Å²) in [6.45, 7) is 8.11. The Labute approximate surface area is 200 Å². The largest absolute Gasteiger partial charge is 0.616 e. The van der Waals surface area contributed by atoms with Crippen molar-refractivity contribution in [1.29, 1.82) is 0 Å². The van der Waals surface area contributed by atoms with Crippen LogP contribution < -0.4 is 15.2 Å². The van der Waals surface area contributed by atoms with Crippen LogP contribution in [0.1, 0.15) is 57.9 Å². The molecular formula is C24H39NO5S2. The molecule has 0 amide bonds. The lowest BCUT2D eigenvalue weighted by atomic mass is 10.1. The van der Waals surface area contributed by atoms with Crippen molar-refractivity contribution in [2.24, 2.45) is 5.73 Å². The standard InChI is InChI=1S/C18H28O3S.C6H11NO2S/c1-3-4-5-6-7-8-11-22(19)15(2)12-16-9-10-17-18(13-16)21-14-20-17;1-2-3-10-4-5(7)6(8)9/h9-10,13,15H,3-8,11-12,14H2,1-2H3;2,5H,1,3-4,7H2,(H,8,9)/t;5-/m.0/s1. The molecule has 8 heteroatoms. The first-order valence-electron chi connectivity index (χ1n) is 11.3. The highest BCUT2D eigenvalue weighted by Crippen LogP contribution is 2.33. The van der Waals surface area contributed by atoms with Gasteiger partial charge in [-0.15, -0.1) is 6.58 Å². The van der Waals surface area contributed by atoms with Gasteiger partial charge in [0.15, 0.2) is 11.5 Å². The molecule has 1 aromatic carbocycles. The number of aliphatic carboxylic acids is 1. The molecule has 3 atom stereocenters. The molecule has 1 heterocycles. The zero-order valence-electron chi connectivity index (χ0n) is 19.4. The average Bonchev–Trinajstić information content (AvgIpc) is 3.24. The van der Waals surface area contributed by atoms with Crippen molar-refractivity contribution < 1.29 is 23.9 Å². The number of hydrogen-bond donors (Lipinski definition) is 2. The van der Waals surface area contributed by atoms with E-state index in [0.29, 0.717) is 12.5 Å². The van der Waals surface area contributed by atoms with Crippen LogP contribution in [0.5, 0.6) is 11.5 Å². The summed E-state index contributed by atoms with van der Waals surface area (Å²) >= 11 is 0.723. The van der Waals surface area contributed by atoms with E-state index >= 15 is 0 Å². The zero-order chi connectivity index (χ0) is 23.8. The first kappa shape index (κ1) is 28.7. The lowest BCUT2D eigenvalue weighted by Crippen LogP contribution is -2.32. The van der Waals surface area contributed by atoms with Crippen molar-refractivity contribution in [2.75, 3.05) is 24.1 Å². The number of carboxylic acid groups (broad SMARTS) is 1. The van der Waals surface area contributed by atoms with Gasteiger partial charge >= 0.3 is 5.97 Å². The van der Waals surface area contributed by atoms with Gasteiger partial charge in [0.1, 0.15) is 17.0 Å². The fourth-order valence-corrected chi connectivity index (χ4v) is 5.04. The molecule has 1 aliphatic rings. The van der Waals surface area contributed by atoms with Gasteiger partial charge in [-0.3, -0.25) is 4.79 Å². The molecule has 3 N–H and O–H groups in total. The van der Waals surface area contributed by atoms with Gasteiger partial charge in [0.25, 0.3) is 0 Å². The van der Waals surface area contributed by atoms with E-state index in [1.165, 1.54) is 49.4 Å². The van der Waals surface area contributed by atoms with E-state index in [9.17, 15) is 9.35 Å². The Balaban J connectivity index is 0.000000433. The quantitative estimate of drug-likeness (QED) is 0.209. The number of benzene rings is 1. The van der Waals surface area contributed by atoms with Crippen molar-refractivity contribution in [3.05, 3.63) is 36.4 Å². The maximum Gasteiger partial charge on any atom is 0.321 e. The number of nitrogens with two attached hydrogens (primary N) is 1. The van der Waals surface area contributed by atoms with Crippen LogP contribution in [0, 0.1) is 0 Å². The minimum absolute atomic E-state index is 0.191. The summed E-state index contributed by atoms with van der Waals surface area (Å²) in [5.74, 6) is 2.70. The van der Waals surface area contributed by atoms with E-state index in [1.54, 1.807) is 6.08 Å². The SMILES string of the molecule is C=CCSC[C@H](N)C(=O)O.CCCCCCCC[S+]([O-])C(C)Cc1ccc2c(c1)OCO2. The highest BCUT2D eigenvalue weighted by molar-refractivity contribution is 7.99. The molecule has 6 nitrogen and oxygen atoms in total. The topological polar surface area (TPSA) is 105 Å². The molecule has 0 aromatic heterocycles. The highest BCUT2D eigenvalue weighted by Gasteiger charge is 2.19. The summed E-state index contributed by atoms with van der Waals surface area (Å²) < 4.78 is 23.0. The van der Waals surface area contributed by atoms with E-state index in [0.717, 1.165) is 35.8 Å². The van der Waals surface area contributed by atoms with Crippen molar-refractivity contribution in [3.8, 4) is 11.5 Å². The van der Waals surface area contributed by atoms with Crippen LogP contribution in [0.25, 0.3) is 0 Å². The molecular weight excluding hydrogens is 446 g/mol. The summed E-state index contributed by atoms with van der Waals surface area (Å²) in [6, 6.07) is 5.26. The number of hydrogen-bond acceptors (Lipinski definition) is 6. The maximum absolute atomic E-state index is 12.3. The van der Waals surface area contributed by atoms with Gasteiger partial charge in [0.05, 0.1) is 0 Å². The molecule has 0 saturated heterocycles. The predicted molar refractivity (Wildman–Crippen MR) is 135 cm³/mol. The minimum atomic E-state index is -0.948. The third-order valence-corrected chi connectivity index (χ3v) is 7.78. The Kier molecular flexibility index (Phi) is 15.4. The van der Waals surface area contributed by atoms with Crippen molar-refractivity contribution >= 4 is 28.9 Å². The number of rotatable bonds is 15. The first-order chi connectivity index (χ1) is 15.4. The van der Waals surface area contributed by atoms with Crippen molar-refractivity contribution in [3.63, 3.8) is 0 Å². The molecule has 2 rings (SSSR count). The number of unbranched alkanes of at least 4 members (excludes halogenated alkanes) is 5. The van der Waals surface area contributed by atoms with Crippen LogP contribution in [0.4, 0.5) is 0 Å². The van der Waals surface area contributed by atoms with E-state index in [1.807, 2.05) is 18.2 Å². The maximum atomic E-state index is 12.3. The predicted octanol–water partition coefficient (Wildman–Crippen LogP) is 4.77. The van der Waals surface area contributed by atoms with Crippen LogP contribution in [-0.4, -0.2) is 51.0 Å². The molecule has 0 spiro atoms. The van der Waals surface area contributed by atoms with Crippen molar-refractivity contribution in [1.82, 2.24) is 0 Å². The molecule has 182 valence electrons. The molecule has 0 fully saturated rings. The Morgan fingerprint density at radius 2 is 1.97 bits per heavy atom. The van der Waals surface area contributed by atoms with Crippen LogP contribution in [0.15, 0.2) is 30.9 Å². The molecule has 1 aliphatic heterocycles. The minimum Gasteiger partial charge on any atom is -0.616 e. The Hall–Kier alpha value is -1.35. The molecule has 0 aliphatic carbocycles. The number of carboxylic acids is 1. The van der Waals surface area contributed by atoms with Crippen LogP contribution in [-0.2, 0) is 22.4 Å². The Morgan fingerprint density at radius 1 is 1.28 bits per heavy atom. The number of ether oxygens (including phenoxy) is 2. The smallest absolute Gasteiger partial charge is 0.321 e. The fourth-order valence-electron chi connectivity index (χ4n) is 3.07. The van der Waals surface area contributed by atoms with Crippen LogP contribution in [0.2, 0.25) is 0 Å². The normalized spacial score (nSPS) is 14.8. The fraction of sp³-hybridized carbons (Fsp3) is 0.625. The van der Waals surface area contributed by atoms with E-state index in [-0.39, 0.29) is 5.25 Å². The van der Waals surface area contributed by atoms with E-state index in [2.05, 4.69) is 20.4 Å². The Morgan fingerprint density at radius 3 is 2.66 bits per heavy atom. The monoisotopic (exact) mass is 485 g/mol. The van der Waals surface area contributed by atoms with Crippen molar-refractivity contribution in [2.45, 2.75) is 70.1 Å². The summed E-state index contributed by atoms with van der Waals surface area (Å²) in [5, 5.41) is 8.51. The summed E-state index contributed by atoms with van der Waals surface area (Å²) in [5.41, 5.74) is 6.38. The van der Waals surface area contributed by atoms with Gasteiger partial charge < -0.3 is 24.9 Å². The van der Waals surface area contributed by atoms with Gasteiger partial charge in [-0.05, 0) is 37.5 Å². The van der Waals surface area contributed by atoms with Crippen LogP contribution in [0.3, 0.4) is 0 Å². The van der Waals surface area contributed by atoms with Gasteiger partial charge in [-0.1, -0.05) is 55.9 Å². The van der Waals surface area contributed by atoms with E-state index in [4.69, 9.17) is 20.3 Å². The van der Waals surface area contributed by atoms with Gasteiger partial charge in [0.2, 0.25) is 6.79 Å². The number of carbonyl (C=O) groups is 1. The third kappa shape index (κ3) is 12.0. The van der Waals surface area contributed by atoms with Gasteiger partial charge in [-0.2, -0.15) is 11.8 Å². The average molecular weight is 486 g/mol. The highest BCUT2D eigenvalue weighted by atomic mass is 32.2. The summed E-state index contributed by atoms with van der Waals surface area (Å²) in [4.78, 5) is 10.1. The number of thioether (sulfide) groups is 1. The Bertz CT molecular complexity index is 674. The summed E-state index contributed by atoms with van der Waals surface area (Å²) in [7, 11) is 0. The second kappa shape index (κ2) is 17.2. The van der Waals surface area contributed by atoms with Gasteiger partial charge in [0, 0.05) is 17.9 Å². The number of fused-ring (bicyclic) bond motifs is 1. The molecule has 1 aromatic rings. The molecule has 0 radical (unpaired) electrons. The zero-order valence-corrected chi connectivity index (χ0v) is 21.1. The van der Waals surface area contributed by atoms with Gasteiger partial charge in [-0.25, -0.2) is 0 Å². The molecule has 0 saturated carbocycles.